The Morgan fingerprint density at radius 2 is 1.88 bits per heavy atom. The molecule has 17 heavy (non-hydrogen) atoms. The van der Waals surface area contributed by atoms with Crippen LogP contribution in [-0.2, 0) is 9.59 Å². The summed E-state index contributed by atoms with van der Waals surface area (Å²) in [5.74, 6) is -2.05. The summed E-state index contributed by atoms with van der Waals surface area (Å²) in [7, 11) is 0. The fraction of sp³-hybridized carbons (Fsp3) is 0.182. The number of ether oxygens (including phenoxy) is 1. The van der Waals surface area contributed by atoms with Crippen molar-refractivity contribution in [3.63, 3.8) is 0 Å². The number of rotatable bonds is 2. The van der Waals surface area contributed by atoms with Gasteiger partial charge in [-0.25, -0.2) is 0 Å². The predicted molar refractivity (Wildman–Crippen MR) is 57.6 cm³/mol. The lowest BCUT2D eigenvalue weighted by molar-refractivity contribution is -0.131. The van der Waals surface area contributed by atoms with E-state index in [1.165, 1.54) is 32.0 Å². The Kier molecular flexibility index (Phi) is 3.82. The van der Waals surface area contributed by atoms with E-state index in [4.69, 9.17) is 4.74 Å². The SMILES string of the molecule is CC(=O)NC(=O)c1cc(OC(C)=O)ccc1O. The summed E-state index contributed by atoms with van der Waals surface area (Å²) in [6.45, 7) is 2.38. The standard InChI is InChI=1S/C11H11NO5/c1-6(13)12-11(16)9-5-8(17-7(2)14)3-4-10(9)15/h3-5,15H,1-2H3,(H,12,13,16). The van der Waals surface area contributed by atoms with Gasteiger partial charge in [-0.2, -0.15) is 0 Å². The predicted octanol–water partition coefficient (Wildman–Crippen LogP) is 0.594. The Bertz CT molecular complexity index is 481. The highest BCUT2D eigenvalue weighted by molar-refractivity contribution is 6.05. The van der Waals surface area contributed by atoms with Crippen LogP contribution in [0.3, 0.4) is 0 Å². The van der Waals surface area contributed by atoms with E-state index in [0.29, 0.717) is 0 Å². The molecule has 2 amide bonds. The third-order valence-electron chi connectivity index (χ3n) is 1.76. The maximum atomic E-state index is 11.5. The van der Waals surface area contributed by atoms with Crippen LogP contribution in [0.25, 0.3) is 0 Å². The van der Waals surface area contributed by atoms with Gasteiger partial charge in [0.05, 0.1) is 5.56 Å². The molecule has 0 atom stereocenters. The summed E-state index contributed by atoms with van der Waals surface area (Å²) in [6, 6.07) is 3.71. The van der Waals surface area contributed by atoms with E-state index in [9.17, 15) is 19.5 Å². The molecule has 0 saturated carbocycles. The number of carbonyl (C=O) groups is 3. The molecule has 1 rings (SSSR count). The summed E-state index contributed by atoms with van der Waals surface area (Å²) in [6.07, 6.45) is 0. The first-order chi connectivity index (χ1) is 7.90. The Hall–Kier alpha value is -2.37. The molecule has 0 saturated heterocycles. The lowest BCUT2D eigenvalue weighted by Gasteiger charge is -2.06. The Morgan fingerprint density at radius 1 is 1.24 bits per heavy atom. The van der Waals surface area contributed by atoms with Crippen molar-refractivity contribution in [2.45, 2.75) is 13.8 Å². The molecular formula is C11H11NO5. The zero-order chi connectivity index (χ0) is 13.0. The van der Waals surface area contributed by atoms with Crippen molar-refractivity contribution in [3.05, 3.63) is 23.8 Å². The summed E-state index contributed by atoms with van der Waals surface area (Å²) >= 11 is 0. The molecule has 0 aliphatic rings. The lowest BCUT2D eigenvalue weighted by atomic mass is 10.1. The minimum absolute atomic E-state index is 0.115. The van der Waals surface area contributed by atoms with Gasteiger partial charge in [-0.15, -0.1) is 0 Å². The average molecular weight is 237 g/mol. The number of benzene rings is 1. The monoisotopic (exact) mass is 237 g/mol. The van der Waals surface area contributed by atoms with E-state index in [1.807, 2.05) is 5.32 Å². The van der Waals surface area contributed by atoms with Gasteiger partial charge in [-0.3, -0.25) is 19.7 Å². The molecule has 1 aromatic carbocycles. The van der Waals surface area contributed by atoms with Gasteiger partial charge >= 0.3 is 5.97 Å². The van der Waals surface area contributed by atoms with Crippen molar-refractivity contribution < 1.29 is 24.2 Å². The van der Waals surface area contributed by atoms with Crippen LogP contribution in [0.4, 0.5) is 0 Å². The van der Waals surface area contributed by atoms with E-state index in [0.717, 1.165) is 0 Å². The van der Waals surface area contributed by atoms with Crippen molar-refractivity contribution in [1.29, 1.82) is 0 Å². The van der Waals surface area contributed by atoms with Crippen molar-refractivity contribution in [2.75, 3.05) is 0 Å². The minimum Gasteiger partial charge on any atom is -0.507 e. The normalized spacial score (nSPS) is 9.53. The number of carbonyl (C=O) groups excluding carboxylic acids is 3. The maximum absolute atomic E-state index is 11.5. The molecule has 0 fully saturated rings. The first-order valence-electron chi connectivity index (χ1n) is 4.73. The van der Waals surface area contributed by atoms with E-state index in [2.05, 4.69) is 0 Å². The number of nitrogens with one attached hydrogen (secondary N) is 1. The van der Waals surface area contributed by atoms with Crippen LogP contribution in [0.2, 0.25) is 0 Å². The summed E-state index contributed by atoms with van der Waals surface area (Å²) in [5, 5.41) is 11.4. The molecule has 0 aliphatic carbocycles. The van der Waals surface area contributed by atoms with Crippen LogP contribution in [-0.4, -0.2) is 22.9 Å². The van der Waals surface area contributed by atoms with Crippen LogP contribution in [0, 0.1) is 0 Å². The second kappa shape index (κ2) is 5.11. The van der Waals surface area contributed by atoms with Crippen molar-refractivity contribution in [3.8, 4) is 11.5 Å². The van der Waals surface area contributed by atoms with Crippen LogP contribution in [0.5, 0.6) is 11.5 Å². The number of hydrogen-bond donors (Lipinski definition) is 2. The third-order valence-corrected chi connectivity index (χ3v) is 1.76. The van der Waals surface area contributed by atoms with Gasteiger partial charge in [0, 0.05) is 13.8 Å². The second-order valence-electron chi connectivity index (χ2n) is 3.28. The number of hydrogen-bond acceptors (Lipinski definition) is 5. The van der Waals surface area contributed by atoms with Crippen molar-refractivity contribution in [2.24, 2.45) is 0 Å². The highest BCUT2D eigenvalue weighted by atomic mass is 16.5. The van der Waals surface area contributed by atoms with Gasteiger partial charge in [0.15, 0.2) is 0 Å². The van der Waals surface area contributed by atoms with Gasteiger partial charge in [0.2, 0.25) is 5.91 Å². The molecule has 0 bridgehead atoms. The highest BCUT2D eigenvalue weighted by Crippen LogP contribution is 2.23. The Labute approximate surface area is 97.2 Å². The second-order valence-corrected chi connectivity index (χ2v) is 3.28. The Morgan fingerprint density at radius 3 is 2.41 bits per heavy atom. The molecule has 0 heterocycles. The highest BCUT2D eigenvalue weighted by Gasteiger charge is 2.14. The summed E-state index contributed by atoms with van der Waals surface area (Å²) in [4.78, 5) is 32.9. The average Bonchev–Trinajstić information content (AvgIpc) is 2.19. The largest absolute Gasteiger partial charge is 0.507 e. The van der Waals surface area contributed by atoms with Gasteiger partial charge < -0.3 is 9.84 Å². The molecule has 6 heteroatoms. The molecule has 0 aliphatic heterocycles. The Balaban J connectivity index is 3.01. The van der Waals surface area contributed by atoms with Gasteiger partial charge in [0.25, 0.3) is 5.91 Å². The van der Waals surface area contributed by atoms with E-state index >= 15 is 0 Å². The molecule has 2 N–H and O–H groups in total. The first-order valence-corrected chi connectivity index (χ1v) is 4.73. The number of phenolic OH excluding ortho intramolecular Hbond substituents is 1. The number of aromatic hydroxyl groups is 1. The van der Waals surface area contributed by atoms with E-state index in [1.54, 1.807) is 0 Å². The van der Waals surface area contributed by atoms with Gasteiger partial charge in [0.1, 0.15) is 11.5 Å². The third kappa shape index (κ3) is 3.60. The maximum Gasteiger partial charge on any atom is 0.308 e. The van der Waals surface area contributed by atoms with Crippen LogP contribution < -0.4 is 10.1 Å². The molecule has 0 spiro atoms. The number of phenols is 1. The van der Waals surface area contributed by atoms with Gasteiger partial charge in [-0.05, 0) is 18.2 Å². The molecule has 6 nitrogen and oxygen atoms in total. The zero-order valence-electron chi connectivity index (χ0n) is 9.31. The van der Waals surface area contributed by atoms with Crippen molar-refractivity contribution >= 4 is 17.8 Å². The number of esters is 1. The smallest absolute Gasteiger partial charge is 0.308 e. The molecule has 0 aromatic heterocycles. The summed E-state index contributed by atoms with van der Waals surface area (Å²) < 4.78 is 4.75. The number of amides is 2. The van der Waals surface area contributed by atoms with Gasteiger partial charge in [-0.1, -0.05) is 0 Å². The van der Waals surface area contributed by atoms with Crippen LogP contribution >= 0.6 is 0 Å². The van der Waals surface area contributed by atoms with Crippen molar-refractivity contribution in [1.82, 2.24) is 5.32 Å². The quantitative estimate of drug-likeness (QED) is 0.580. The number of imide groups is 1. The van der Waals surface area contributed by atoms with Crippen LogP contribution in [0.1, 0.15) is 24.2 Å². The van der Waals surface area contributed by atoms with Crippen LogP contribution in [0.15, 0.2) is 18.2 Å². The molecule has 90 valence electrons. The van der Waals surface area contributed by atoms with E-state index < -0.39 is 17.8 Å². The fourth-order valence-corrected chi connectivity index (χ4v) is 1.15. The summed E-state index contributed by atoms with van der Waals surface area (Å²) in [5.41, 5.74) is -0.140. The molecule has 0 unspecified atom stereocenters. The topological polar surface area (TPSA) is 92.7 Å². The van der Waals surface area contributed by atoms with E-state index in [-0.39, 0.29) is 17.1 Å². The lowest BCUT2D eigenvalue weighted by Crippen LogP contribution is -2.28. The fourth-order valence-electron chi connectivity index (χ4n) is 1.15. The zero-order valence-corrected chi connectivity index (χ0v) is 9.31. The molecule has 0 radical (unpaired) electrons. The molecule has 1 aromatic rings. The minimum atomic E-state index is -0.760. The first kappa shape index (κ1) is 12.7. The molecular weight excluding hydrogens is 226 g/mol.